The molecular formula is C26H35F2NO2S. The molecule has 3 nitrogen and oxygen atoms in total. The highest BCUT2D eigenvalue weighted by Crippen LogP contribution is 2.47. The van der Waals surface area contributed by atoms with Crippen LogP contribution in [0.25, 0.3) is 0 Å². The molecule has 1 aliphatic rings. The third-order valence-corrected chi connectivity index (χ3v) is 7.89. The van der Waals surface area contributed by atoms with Gasteiger partial charge in [-0.05, 0) is 94.8 Å². The quantitative estimate of drug-likeness (QED) is 0.496. The summed E-state index contributed by atoms with van der Waals surface area (Å²) >= 11 is 0. The summed E-state index contributed by atoms with van der Waals surface area (Å²) in [5.74, 6) is -0.414. The largest absolute Gasteiger partial charge is 0.508 e. The van der Waals surface area contributed by atoms with Crippen LogP contribution in [0.3, 0.4) is 0 Å². The van der Waals surface area contributed by atoms with Crippen molar-refractivity contribution in [1.29, 1.82) is 0 Å². The summed E-state index contributed by atoms with van der Waals surface area (Å²) in [5.41, 5.74) is 1.24. The lowest BCUT2D eigenvalue weighted by molar-refractivity contribution is 0.287. The fraction of sp³-hybridized carbons (Fsp3) is 0.462. The van der Waals surface area contributed by atoms with E-state index in [9.17, 15) is 18.1 Å². The van der Waals surface area contributed by atoms with Crippen molar-refractivity contribution >= 4 is 10.8 Å². The maximum atomic E-state index is 14.6. The molecule has 3 rings (SSSR count). The van der Waals surface area contributed by atoms with E-state index in [1.807, 2.05) is 6.92 Å². The molecule has 1 aliphatic carbocycles. The van der Waals surface area contributed by atoms with Gasteiger partial charge in [0.25, 0.3) is 0 Å². The minimum atomic E-state index is -1.54. The van der Waals surface area contributed by atoms with Crippen molar-refractivity contribution in [2.45, 2.75) is 75.5 Å². The van der Waals surface area contributed by atoms with E-state index >= 15 is 0 Å². The Morgan fingerprint density at radius 3 is 2.25 bits per heavy atom. The van der Waals surface area contributed by atoms with Gasteiger partial charge in [0.1, 0.15) is 17.4 Å². The molecule has 1 atom stereocenters. The van der Waals surface area contributed by atoms with Crippen molar-refractivity contribution in [2.24, 2.45) is 5.92 Å². The number of hydrogen-bond donors (Lipinski definition) is 2. The van der Waals surface area contributed by atoms with E-state index in [0.29, 0.717) is 29.7 Å². The van der Waals surface area contributed by atoms with Gasteiger partial charge in [-0.25, -0.2) is 8.78 Å². The fourth-order valence-corrected chi connectivity index (χ4v) is 6.04. The Bertz CT molecular complexity index is 920. The van der Waals surface area contributed by atoms with Gasteiger partial charge in [-0.3, -0.25) is 4.21 Å². The molecule has 0 amide bonds. The average Bonchev–Trinajstić information content (AvgIpc) is 2.75. The normalized spacial score (nSPS) is 21.4. The summed E-state index contributed by atoms with van der Waals surface area (Å²) in [6, 6.07) is 10.1. The van der Waals surface area contributed by atoms with Crippen LogP contribution < -0.4 is 5.32 Å². The lowest BCUT2D eigenvalue weighted by atomic mass is 9.77. The molecule has 1 fully saturated rings. The molecule has 1 saturated carbocycles. The Morgan fingerprint density at radius 1 is 1.19 bits per heavy atom. The number of rotatable bonds is 6. The molecule has 0 radical (unpaired) electrons. The van der Waals surface area contributed by atoms with Crippen LogP contribution in [0.15, 0.2) is 59.6 Å². The first-order valence-electron chi connectivity index (χ1n) is 11.2. The molecule has 2 N–H and O–H groups in total. The molecule has 0 aliphatic heterocycles. The second kappa shape index (κ2) is 11.6. The Morgan fingerprint density at radius 2 is 1.78 bits per heavy atom. The van der Waals surface area contributed by atoms with Gasteiger partial charge in [-0.1, -0.05) is 19.9 Å². The third-order valence-electron chi connectivity index (χ3n) is 5.85. The molecule has 176 valence electrons. The molecule has 0 saturated heterocycles. The highest BCUT2D eigenvalue weighted by molar-refractivity contribution is 7.86. The van der Waals surface area contributed by atoms with Crippen molar-refractivity contribution in [1.82, 2.24) is 5.32 Å². The van der Waals surface area contributed by atoms with Crippen molar-refractivity contribution in [3.8, 4) is 5.75 Å². The molecule has 32 heavy (non-hydrogen) atoms. The molecular weight excluding hydrogens is 428 g/mol. The molecule has 0 spiro atoms. The zero-order valence-electron chi connectivity index (χ0n) is 19.5. The van der Waals surface area contributed by atoms with Crippen LogP contribution in [0.2, 0.25) is 0 Å². The van der Waals surface area contributed by atoms with Crippen molar-refractivity contribution in [3.63, 3.8) is 0 Å². The van der Waals surface area contributed by atoms with E-state index in [2.05, 4.69) is 32.7 Å². The Hall–Kier alpha value is -2.21. The van der Waals surface area contributed by atoms with Gasteiger partial charge in [-0.2, -0.15) is 0 Å². The number of nitrogens with one attached hydrogen (secondary N) is 1. The molecule has 1 unspecified atom stereocenters. The van der Waals surface area contributed by atoms with Gasteiger partial charge in [0.05, 0.1) is 15.5 Å². The summed E-state index contributed by atoms with van der Waals surface area (Å²) in [7, 11) is -1.54. The molecule has 0 aromatic heterocycles. The second-order valence-electron chi connectivity index (χ2n) is 8.81. The SMILES string of the molecule is C=C(C)NC(C)C.CCC1CCC(c2cc(F)ccc2F)(S(=O)c2ccc(O)cc2)CC1. The smallest absolute Gasteiger partial charge is 0.128 e. The van der Waals surface area contributed by atoms with Gasteiger partial charge in [0.15, 0.2) is 0 Å². The maximum absolute atomic E-state index is 14.6. The number of allylic oxidation sites excluding steroid dienone is 1. The predicted octanol–water partition coefficient (Wildman–Crippen LogP) is 6.79. The Kier molecular flexibility index (Phi) is 9.44. The summed E-state index contributed by atoms with van der Waals surface area (Å²) < 4.78 is 40.9. The lowest BCUT2D eigenvalue weighted by Crippen LogP contribution is -2.37. The standard InChI is InChI=1S/C20H22F2O2S.C6H13N/c1-2-14-9-11-20(12-10-14,18-13-15(21)3-8-19(18)22)25(24)17-6-4-16(23)5-7-17;1-5(2)7-6(3)4/h3-8,13-14,23H,2,9-12H2,1H3;6-7H,1H2,2-4H3. The van der Waals surface area contributed by atoms with Crippen LogP contribution in [0.4, 0.5) is 8.78 Å². The number of phenols is 1. The van der Waals surface area contributed by atoms with Gasteiger partial charge >= 0.3 is 0 Å². The summed E-state index contributed by atoms with van der Waals surface area (Å²) in [4.78, 5) is 0.524. The van der Waals surface area contributed by atoms with Crippen LogP contribution in [0.5, 0.6) is 5.75 Å². The monoisotopic (exact) mass is 463 g/mol. The molecule has 2 aromatic carbocycles. The summed E-state index contributed by atoms with van der Waals surface area (Å²) in [5, 5.41) is 12.6. The predicted molar refractivity (Wildman–Crippen MR) is 128 cm³/mol. The molecule has 6 heteroatoms. The van der Waals surface area contributed by atoms with Crippen LogP contribution in [-0.2, 0) is 15.5 Å². The topological polar surface area (TPSA) is 49.3 Å². The van der Waals surface area contributed by atoms with Gasteiger partial charge in [-0.15, -0.1) is 0 Å². The lowest BCUT2D eigenvalue weighted by Gasteiger charge is -2.40. The van der Waals surface area contributed by atoms with Gasteiger partial charge < -0.3 is 10.4 Å². The van der Waals surface area contributed by atoms with Crippen molar-refractivity contribution in [2.75, 3.05) is 0 Å². The molecule has 0 heterocycles. The van der Waals surface area contributed by atoms with Crippen molar-refractivity contribution < 1.29 is 18.1 Å². The number of benzene rings is 2. The van der Waals surface area contributed by atoms with Crippen LogP contribution in [0, 0.1) is 17.6 Å². The first kappa shape index (κ1) is 26.0. The van der Waals surface area contributed by atoms with E-state index in [0.717, 1.165) is 37.1 Å². The van der Waals surface area contributed by atoms with E-state index < -0.39 is 27.2 Å². The first-order valence-corrected chi connectivity index (χ1v) is 12.3. The van der Waals surface area contributed by atoms with Crippen LogP contribution >= 0.6 is 0 Å². The zero-order valence-corrected chi connectivity index (χ0v) is 20.3. The second-order valence-corrected chi connectivity index (χ2v) is 10.6. The maximum Gasteiger partial charge on any atom is 0.128 e. The summed E-state index contributed by atoms with van der Waals surface area (Å²) in [6.45, 7) is 11.9. The number of hydrogen-bond acceptors (Lipinski definition) is 3. The van der Waals surface area contributed by atoms with Gasteiger partial charge in [0.2, 0.25) is 0 Å². The molecule has 2 aromatic rings. The Labute approximate surface area is 193 Å². The number of phenolic OH excluding ortho intramolecular Hbond substituents is 1. The van der Waals surface area contributed by atoms with E-state index in [1.165, 1.54) is 18.2 Å². The minimum Gasteiger partial charge on any atom is -0.508 e. The minimum absolute atomic E-state index is 0.0847. The highest BCUT2D eigenvalue weighted by Gasteiger charge is 2.44. The highest BCUT2D eigenvalue weighted by atomic mass is 32.2. The average molecular weight is 464 g/mol. The fourth-order valence-electron chi connectivity index (χ4n) is 4.24. The van der Waals surface area contributed by atoms with Crippen LogP contribution in [-0.4, -0.2) is 15.4 Å². The van der Waals surface area contributed by atoms with E-state index in [-0.39, 0.29) is 11.3 Å². The Balaban J connectivity index is 0.000000451. The van der Waals surface area contributed by atoms with E-state index in [4.69, 9.17) is 0 Å². The summed E-state index contributed by atoms with van der Waals surface area (Å²) in [6.07, 6.45) is 3.83. The van der Waals surface area contributed by atoms with Gasteiger partial charge in [0, 0.05) is 22.2 Å². The third kappa shape index (κ3) is 6.64. The van der Waals surface area contributed by atoms with E-state index in [1.54, 1.807) is 12.1 Å². The number of aromatic hydroxyl groups is 1. The van der Waals surface area contributed by atoms with Crippen molar-refractivity contribution in [3.05, 3.63) is 71.9 Å². The number of halogens is 2. The first-order chi connectivity index (χ1) is 15.1. The molecule has 0 bridgehead atoms. The van der Waals surface area contributed by atoms with Crippen LogP contribution in [0.1, 0.15) is 65.4 Å². The zero-order chi connectivity index (χ0) is 23.9.